The largest absolute Gasteiger partial charge is 0.480 e. The van der Waals surface area contributed by atoms with Gasteiger partial charge in [-0.05, 0) is 24.3 Å². The van der Waals surface area contributed by atoms with Crippen LogP contribution in [-0.4, -0.2) is 35.7 Å². The van der Waals surface area contributed by atoms with Gasteiger partial charge < -0.3 is 4.74 Å². The molecule has 162 valence electrons. The fraction of sp³-hybridized carbons (Fsp3) is 0.0500. The summed E-state index contributed by atoms with van der Waals surface area (Å²) < 4.78 is 61.7. The Hall–Kier alpha value is -3.75. The van der Waals surface area contributed by atoms with Crippen molar-refractivity contribution in [2.24, 2.45) is 0 Å². The number of aromatic amines is 1. The molecule has 0 atom stereocenters. The number of benzene rings is 1. The van der Waals surface area contributed by atoms with E-state index >= 15 is 0 Å². The molecule has 0 fully saturated rings. The number of pyridine rings is 2. The monoisotopic (exact) mass is 475 g/mol. The van der Waals surface area contributed by atoms with E-state index < -0.39 is 37.8 Å². The zero-order valence-corrected chi connectivity index (χ0v) is 17.7. The van der Waals surface area contributed by atoms with Crippen LogP contribution < -0.4 is 9.46 Å². The second-order valence-corrected chi connectivity index (χ2v) is 8.42. The molecule has 0 unspecified atom stereocenters. The van der Waals surface area contributed by atoms with Gasteiger partial charge in [-0.2, -0.15) is 5.10 Å². The SMILES string of the molecule is COc1ncc(Cl)cc1S(=O)(=O)Nc1ccc(F)c(C#Cc2cnc3[nH]ncc3c2)c1F. The van der Waals surface area contributed by atoms with Gasteiger partial charge in [-0.3, -0.25) is 9.82 Å². The van der Waals surface area contributed by atoms with E-state index in [1.54, 1.807) is 6.07 Å². The van der Waals surface area contributed by atoms with Gasteiger partial charge in [-0.15, -0.1) is 0 Å². The molecule has 32 heavy (non-hydrogen) atoms. The number of methoxy groups -OCH3 is 1. The molecular formula is C20H12ClF2N5O3S. The molecule has 3 heterocycles. The molecule has 4 rings (SSSR count). The van der Waals surface area contributed by atoms with Crippen LogP contribution in [0, 0.1) is 23.5 Å². The number of anilines is 1. The number of hydrogen-bond acceptors (Lipinski definition) is 6. The zero-order valence-electron chi connectivity index (χ0n) is 16.1. The predicted octanol–water partition coefficient (Wildman–Crippen LogP) is 3.49. The van der Waals surface area contributed by atoms with Gasteiger partial charge in [0.2, 0.25) is 5.88 Å². The molecule has 8 nitrogen and oxygen atoms in total. The molecular weight excluding hydrogens is 464 g/mol. The minimum Gasteiger partial charge on any atom is -0.480 e. The first-order chi connectivity index (χ1) is 15.3. The van der Waals surface area contributed by atoms with Crippen LogP contribution in [0.2, 0.25) is 5.02 Å². The smallest absolute Gasteiger partial charge is 0.267 e. The summed E-state index contributed by atoms with van der Waals surface area (Å²) in [5.41, 5.74) is -0.205. The van der Waals surface area contributed by atoms with Crippen molar-refractivity contribution >= 4 is 38.3 Å². The van der Waals surface area contributed by atoms with E-state index in [0.29, 0.717) is 16.6 Å². The van der Waals surface area contributed by atoms with Crippen molar-refractivity contribution in [3.63, 3.8) is 0 Å². The van der Waals surface area contributed by atoms with Gasteiger partial charge in [0.15, 0.2) is 16.4 Å². The molecule has 0 saturated carbocycles. The fourth-order valence-electron chi connectivity index (χ4n) is 2.74. The lowest BCUT2D eigenvalue weighted by Gasteiger charge is -2.12. The fourth-order valence-corrected chi connectivity index (χ4v) is 4.17. The van der Waals surface area contributed by atoms with E-state index in [1.807, 2.05) is 0 Å². The number of nitrogens with one attached hydrogen (secondary N) is 2. The Bertz CT molecular complexity index is 1510. The number of ether oxygens (including phenoxy) is 1. The van der Waals surface area contributed by atoms with E-state index in [4.69, 9.17) is 16.3 Å². The molecule has 0 bridgehead atoms. The van der Waals surface area contributed by atoms with Gasteiger partial charge in [-0.1, -0.05) is 23.4 Å². The maximum atomic E-state index is 15.0. The normalized spacial score (nSPS) is 11.1. The lowest BCUT2D eigenvalue weighted by atomic mass is 10.1. The molecule has 12 heteroatoms. The summed E-state index contributed by atoms with van der Waals surface area (Å²) >= 11 is 5.83. The first-order valence-electron chi connectivity index (χ1n) is 8.80. The van der Waals surface area contributed by atoms with Gasteiger partial charge in [0.1, 0.15) is 5.82 Å². The highest BCUT2D eigenvalue weighted by Crippen LogP contribution is 2.28. The number of rotatable bonds is 4. The van der Waals surface area contributed by atoms with Crippen LogP contribution in [0.5, 0.6) is 5.88 Å². The van der Waals surface area contributed by atoms with Crippen molar-refractivity contribution in [1.82, 2.24) is 20.2 Å². The number of H-pyrrole nitrogens is 1. The molecule has 0 spiro atoms. The minimum absolute atomic E-state index is 0.0282. The highest BCUT2D eigenvalue weighted by Gasteiger charge is 2.24. The third-order valence-electron chi connectivity index (χ3n) is 4.23. The van der Waals surface area contributed by atoms with Crippen LogP contribution in [0.4, 0.5) is 14.5 Å². The standard InChI is InChI=1S/C20H12ClF2N5O3S/c1-31-20-17(7-13(21)10-25-20)32(29,30)28-16-5-4-15(22)14(18(16)23)3-2-11-6-12-9-26-27-19(12)24-8-11/h4-10,28H,1H3,(H,24,26,27). The quantitative estimate of drug-likeness (QED) is 0.437. The number of nitrogens with zero attached hydrogens (tertiary/aromatic N) is 3. The Labute approximate surface area is 185 Å². The van der Waals surface area contributed by atoms with Gasteiger partial charge in [0, 0.05) is 23.3 Å². The van der Waals surface area contributed by atoms with Crippen LogP contribution in [0.3, 0.4) is 0 Å². The molecule has 4 aromatic rings. The summed E-state index contributed by atoms with van der Waals surface area (Å²) in [5, 5.41) is 7.21. The number of halogens is 3. The lowest BCUT2D eigenvalue weighted by Crippen LogP contribution is -2.16. The summed E-state index contributed by atoms with van der Waals surface area (Å²) in [7, 11) is -3.15. The zero-order chi connectivity index (χ0) is 22.9. The van der Waals surface area contributed by atoms with Crippen LogP contribution in [0.15, 0.2) is 47.8 Å². The van der Waals surface area contributed by atoms with Crippen molar-refractivity contribution in [2.75, 3.05) is 11.8 Å². The van der Waals surface area contributed by atoms with E-state index in [0.717, 1.165) is 18.2 Å². The maximum Gasteiger partial charge on any atom is 0.267 e. The second-order valence-electron chi connectivity index (χ2n) is 6.33. The first kappa shape index (κ1) is 21.5. The Morgan fingerprint density at radius 1 is 1.12 bits per heavy atom. The van der Waals surface area contributed by atoms with Crippen LogP contribution in [0.25, 0.3) is 11.0 Å². The minimum atomic E-state index is -4.37. The molecule has 0 radical (unpaired) electrons. The summed E-state index contributed by atoms with van der Waals surface area (Å²) in [6, 6.07) is 4.57. The topological polar surface area (TPSA) is 110 Å². The van der Waals surface area contributed by atoms with Gasteiger partial charge in [0.25, 0.3) is 10.0 Å². The van der Waals surface area contributed by atoms with Crippen LogP contribution >= 0.6 is 11.6 Å². The number of fused-ring (bicyclic) bond motifs is 1. The van der Waals surface area contributed by atoms with Crippen molar-refractivity contribution in [3.8, 4) is 17.7 Å². The van der Waals surface area contributed by atoms with E-state index in [9.17, 15) is 17.2 Å². The molecule has 0 saturated heterocycles. The molecule has 3 aromatic heterocycles. The Morgan fingerprint density at radius 3 is 2.72 bits per heavy atom. The lowest BCUT2D eigenvalue weighted by molar-refractivity contribution is 0.385. The highest BCUT2D eigenvalue weighted by molar-refractivity contribution is 7.92. The molecule has 0 aliphatic carbocycles. The Balaban J connectivity index is 1.71. The van der Waals surface area contributed by atoms with Crippen molar-refractivity contribution in [1.29, 1.82) is 0 Å². The molecule has 0 aliphatic heterocycles. The highest BCUT2D eigenvalue weighted by atomic mass is 35.5. The summed E-state index contributed by atoms with van der Waals surface area (Å²) in [5.74, 6) is 2.61. The Kier molecular flexibility index (Phi) is 5.65. The number of hydrogen-bond donors (Lipinski definition) is 2. The Morgan fingerprint density at radius 2 is 1.94 bits per heavy atom. The average molecular weight is 476 g/mol. The number of sulfonamides is 1. The van der Waals surface area contributed by atoms with Crippen molar-refractivity contribution in [3.05, 3.63) is 70.6 Å². The summed E-state index contributed by atoms with van der Waals surface area (Å²) in [4.78, 5) is 7.46. The molecule has 2 N–H and O–H groups in total. The summed E-state index contributed by atoms with van der Waals surface area (Å²) in [6.07, 6.45) is 4.14. The molecule has 0 aliphatic rings. The first-order valence-corrected chi connectivity index (χ1v) is 10.7. The maximum absolute atomic E-state index is 15.0. The summed E-state index contributed by atoms with van der Waals surface area (Å²) in [6.45, 7) is 0. The molecule has 0 amide bonds. The second kappa shape index (κ2) is 8.41. The van der Waals surface area contributed by atoms with Gasteiger partial charge in [0.05, 0.1) is 29.6 Å². The van der Waals surface area contributed by atoms with Crippen molar-refractivity contribution < 1.29 is 21.9 Å². The average Bonchev–Trinajstić information content (AvgIpc) is 3.23. The third kappa shape index (κ3) is 4.18. The van der Waals surface area contributed by atoms with Crippen LogP contribution in [0.1, 0.15) is 11.1 Å². The van der Waals surface area contributed by atoms with Gasteiger partial charge >= 0.3 is 0 Å². The van der Waals surface area contributed by atoms with E-state index in [2.05, 4.69) is 36.7 Å². The number of aromatic nitrogens is 4. The van der Waals surface area contributed by atoms with Crippen molar-refractivity contribution in [2.45, 2.75) is 4.90 Å². The van der Waals surface area contributed by atoms with Gasteiger partial charge in [-0.25, -0.2) is 27.2 Å². The predicted molar refractivity (Wildman–Crippen MR) is 113 cm³/mol. The third-order valence-corrected chi connectivity index (χ3v) is 5.79. The van der Waals surface area contributed by atoms with E-state index in [1.165, 1.54) is 25.7 Å². The van der Waals surface area contributed by atoms with E-state index in [-0.39, 0.29) is 10.9 Å². The molecule has 1 aromatic carbocycles. The van der Waals surface area contributed by atoms with Crippen LogP contribution in [-0.2, 0) is 10.0 Å².